The van der Waals surface area contributed by atoms with Crippen molar-refractivity contribution in [3.63, 3.8) is 0 Å². The number of benzene rings is 1. The molecule has 0 aliphatic heterocycles. The molecule has 2 aromatic rings. The summed E-state index contributed by atoms with van der Waals surface area (Å²) in [6.07, 6.45) is 1.34. The van der Waals surface area contributed by atoms with Gasteiger partial charge in [0.1, 0.15) is 5.82 Å². The van der Waals surface area contributed by atoms with Crippen molar-refractivity contribution in [2.75, 3.05) is 11.9 Å². The first-order chi connectivity index (χ1) is 10.5. The zero-order valence-corrected chi connectivity index (χ0v) is 12.6. The highest BCUT2D eigenvalue weighted by Crippen LogP contribution is 2.17. The Kier molecular flexibility index (Phi) is 4.88. The van der Waals surface area contributed by atoms with Gasteiger partial charge in [-0.1, -0.05) is 17.3 Å². The average Bonchev–Trinajstić information content (AvgIpc) is 2.70. The van der Waals surface area contributed by atoms with Crippen LogP contribution in [0.5, 0.6) is 0 Å². The van der Waals surface area contributed by atoms with Crippen molar-refractivity contribution in [2.45, 2.75) is 13.8 Å². The molecule has 0 saturated heterocycles. The van der Waals surface area contributed by atoms with E-state index in [1.807, 2.05) is 13.8 Å². The Labute approximate surface area is 127 Å². The van der Waals surface area contributed by atoms with Crippen molar-refractivity contribution in [2.24, 2.45) is 12.2 Å². The van der Waals surface area contributed by atoms with Crippen LogP contribution in [-0.4, -0.2) is 28.5 Å². The van der Waals surface area contributed by atoms with Crippen molar-refractivity contribution in [3.8, 4) is 0 Å². The normalized spacial score (nSPS) is 10.9. The van der Waals surface area contributed by atoms with Gasteiger partial charge in [-0.3, -0.25) is 9.48 Å². The van der Waals surface area contributed by atoms with Crippen LogP contribution in [0.4, 0.5) is 10.1 Å². The number of halogens is 1. The maximum Gasteiger partial charge on any atom is 0.265 e. The van der Waals surface area contributed by atoms with Gasteiger partial charge in [0.25, 0.3) is 5.91 Å². The summed E-state index contributed by atoms with van der Waals surface area (Å²) in [6.45, 7) is 3.43. The van der Waals surface area contributed by atoms with Crippen LogP contribution in [0.1, 0.15) is 17.0 Å². The number of oxime groups is 1. The van der Waals surface area contributed by atoms with Gasteiger partial charge in [-0.2, -0.15) is 5.10 Å². The lowest BCUT2D eigenvalue weighted by molar-refractivity contribution is -0.120. The number of nitrogens with zero attached hydrogens (tertiary/aromatic N) is 3. The third-order valence-corrected chi connectivity index (χ3v) is 3.09. The number of aryl methyl sites for hydroxylation is 2. The van der Waals surface area contributed by atoms with Crippen LogP contribution in [0.25, 0.3) is 0 Å². The van der Waals surface area contributed by atoms with Crippen molar-refractivity contribution in [3.05, 3.63) is 47.0 Å². The van der Waals surface area contributed by atoms with E-state index in [-0.39, 0.29) is 18.3 Å². The molecule has 0 radical (unpaired) electrons. The lowest BCUT2D eigenvalue weighted by atomic mass is 10.2. The molecule has 22 heavy (non-hydrogen) atoms. The zero-order chi connectivity index (χ0) is 16.1. The van der Waals surface area contributed by atoms with Gasteiger partial charge in [-0.15, -0.1) is 0 Å². The van der Waals surface area contributed by atoms with Crippen LogP contribution in [0.3, 0.4) is 0 Å². The standard InChI is InChI=1S/C15H17FN4O2/c1-10-15(11(2)20(3)19-10)18-14(21)9-22-17-8-12-5-4-6-13(16)7-12/h4-8H,9H2,1-3H3,(H,18,21)/b17-8-. The first-order valence-corrected chi connectivity index (χ1v) is 6.68. The molecule has 0 atom stereocenters. The molecule has 2 rings (SSSR count). The molecular formula is C15H17FN4O2. The number of carbonyl (C=O) groups excluding carboxylic acids is 1. The van der Waals surface area contributed by atoms with E-state index in [0.717, 1.165) is 11.4 Å². The van der Waals surface area contributed by atoms with Gasteiger partial charge in [0.05, 0.1) is 23.3 Å². The molecule has 1 heterocycles. The fraction of sp³-hybridized carbons (Fsp3) is 0.267. The summed E-state index contributed by atoms with van der Waals surface area (Å²) in [5.74, 6) is -0.695. The average molecular weight is 304 g/mol. The second-order valence-electron chi connectivity index (χ2n) is 4.78. The molecule has 0 spiro atoms. The van der Waals surface area contributed by atoms with Gasteiger partial charge >= 0.3 is 0 Å². The number of hydrogen-bond acceptors (Lipinski definition) is 4. The third-order valence-electron chi connectivity index (χ3n) is 3.09. The molecule has 7 heteroatoms. The van der Waals surface area contributed by atoms with E-state index in [9.17, 15) is 9.18 Å². The van der Waals surface area contributed by atoms with Crippen LogP contribution in [-0.2, 0) is 16.7 Å². The van der Waals surface area contributed by atoms with Crippen molar-refractivity contribution >= 4 is 17.8 Å². The van der Waals surface area contributed by atoms with Crippen LogP contribution in [0.2, 0.25) is 0 Å². The molecule has 0 aliphatic carbocycles. The maximum atomic E-state index is 12.9. The van der Waals surface area contributed by atoms with Gasteiger partial charge in [0.15, 0.2) is 6.61 Å². The third kappa shape index (κ3) is 3.91. The summed E-state index contributed by atoms with van der Waals surface area (Å²) in [5, 5.41) is 10.6. The summed E-state index contributed by atoms with van der Waals surface area (Å²) >= 11 is 0. The highest BCUT2D eigenvalue weighted by Gasteiger charge is 2.12. The summed E-state index contributed by atoms with van der Waals surface area (Å²) in [5.41, 5.74) is 2.82. The first kappa shape index (κ1) is 15.7. The number of carbonyl (C=O) groups is 1. The fourth-order valence-corrected chi connectivity index (χ4v) is 1.91. The summed E-state index contributed by atoms with van der Waals surface area (Å²) < 4.78 is 14.6. The Morgan fingerprint density at radius 3 is 2.91 bits per heavy atom. The van der Waals surface area contributed by atoms with Crippen LogP contribution in [0, 0.1) is 19.7 Å². The highest BCUT2D eigenvalue weighted by molar-refractivity contribution is 5.92. The smallest absolute Gasteiger partial charge is 0.265 e. The number of aromatic nitrogens is 2. The van der Waals surface area contributed by atoms with E-state index < -0.39 is 0 Å². The zero-order valence-electron chi connectivity index (χ0n) is 12.6. The topological polar surface area (TPSA) is 68.5 Å². The second kappa shape index (κ2) is 6.84. The number of hydrogen-bond donors (Lipinski definition) is 1. The van der Waals surface area contributed by atoms with E-state index in [2.05, 4.69) is 15.6 Å². The van der Waals surface area contributed by atoms with Gasteiger partial charge in [0.2, 0.25) is 0 Å². The Hall–Kier alpha value is -2.70. The molecule has 1 N–H and O–H groups in total. The number of anilines is 1. The SMILES string of the molecule is Cc1nn(C)c(C)c1NC(=O)CO/N=C\c1cccc(F)c1. The van der Waals surface area contributed by atoms with Crippen molar-refractivity contribution < 1.29 is 14.0 Å². The first-order valence-electron chi connectivity index (χ1n) is 6.68. The van der Waals surface area contributed by atoms with Gasteiger partial charge < -0.3 is 10.2 Å². The Morgan fingerprint density at radius 2 is 2.27 bits per heavy atom. The van der Waals surface area contributed by atoms with E-state index in [0.29, 0.717) is 11.3 Å². The second-order valence-corrected chi connectivity index (χ2v) is 4.78. The summed E-state index contributed by atoms with van der Waals surface area (Å²) in [7, 11) is 1.80. The minimum Gasteiger partial charge on any atom is -0.386 e. The minimum absolute atomic E-state index is 0.237. The molecular weight excluding hydrogens is 287 g/mol. The predicted molar refractivity (Wildman–Crippen MR) is 81.3 cm³/mol. The molecule has 6 nitrogen and oxygen atoms in total. The van der Waals surface area contributed by atoms with Crippen LogP contribution < -0.4 is 5.32 Å². The number of rotatable bonds is 5. The van der Waals surface area contributed by atoms with E-state index in [1.165, 1.54) is 18.3 Å². The van der Waals surface area contributed by atoms with E-state index in [4.69, 9.17) is 4.84 Å². The monoisotopic (exact) mass is 304 g/mol. The lowest BCUT2D eigenvalue weighted by Gasteiger charge is -2.04. The molecule has 1 amide bonds. The predicted octanol–water partition coefficient (Wildman–Crippen LogP) is 2.17. The highest BCUT2D eigenvalue weighted by atomic mass is 19.1. The molecule has 0 aliphatic rings. The molecule has 0 bridgehead atoms. The van der Waals surface area contributed by atoms with E-state index in [1.54, 1.807) is 23.9 Å². The Bertz CT molecular complexity index is 710. The van der Waals surface area contributed by atoms with E-state index >= 15 is 0 Å². The Balaban J connectivity index is 1.85. The Morgan fingerprint density at radius 1 is 1.50 bits per heavy atom. The molecule has 1 aromatic carbocycles. The summed E-state index contributed by atoms with van der Waals surface area (Å²) in [6, 6.07) is 5.90. The van der Waals surface area contributed by atoms with Gasteiger partial charge in [-0.05, 0) is 31.5 Å². The van der Waals surface area contributed by atoms with Crippen molar-refractivity contribution in [1.29, 1.82) is 0 Å². The molecule has 116 valence electrons. The summed E-state index contributed by atoms with van der Waals surface area (Å²) in [4.78, 5) is 16.7. The van der Waals surface area contributed by atoms with Gasteiger partial charge in [-0.25, -0.2) is 4.39 Å². The van der Waals surface area contributed by atoms with Crippen LogP contribution >= 0.6 is 0 Å². The lowest BCUT2D eigenvalue weighted by Crippen LogP contribution is -2.18. The van der Waals surface area contributed by atoms with Crippen LogP contribution in [0.15, 0.2) is 29.4 Å². The van der Waals surface area contributed by atoms with Crippen molar-refractivity contribution in [1.82, 2.24) is 9.78 Å². The number of amides is 1. The molecule has 1 aromatic heterocycles. The molecule has 0 saturated carbocycles. The van der Waals surface area contributed by atoms with Gasteiger partial charge in [0, 0.05) is 7.05 Å². The number of nitrogens with one attached hydrogen (secondary N) is 1. The maximum absolute atomic E-state index is 12.9. The quantitative estimate of drug-likeness (QED) is 0.680. The largest absolute Gasteiger partial charge is 0.386 e. The fourth-order valence-electron chi connectivity index (χ4n) is 1.91. The molecule has 0 unspecified atom stereocenters. The molecule has 0 fully saturated rings. The minimum atomic E-state index is -0.357.